The predicted octanol–water partition coefficient (Wildman–Crippen LogP) is 5.17. The molecule has 0 fully saturated rings. The van der Waals surface area contributed by atoms with Gasteiger partial charge >= 0.3 is 6.61 Å². The fourth-order valence-corrected chi connectivity index (χ4v) is 3.24. The summed E-state index contributed by atoms with van der Waals surface area (Å²) in [6.45, 7) is -2.97. The van der Waals surface area contributed by atoms with Crippen LogP contribution in [0.3, 0.4) is 0 Å². The van der Waals surface area contributed by atoms with Crippen LogP contribution in [-0.4, -0.2) is 23.3 Å². The van der Waals surface area contributed by atoms with Gasteiger partial charge in [0.2, 0.25) is 0 Å². The zero-order valence-corrected chi connectivity index (χ0v) is 16.5. The fraction of sp³-hybridized carbons (Fsp3) is 0.0833. The molecule has 0 aliphatic rings. The van der Waals surface area contributed by atoms with Crippen molar-refractivity contribution in [2.75, 3.05) is 7.11 Å². The number of para-hydroxylation sites is 2. The Morgan fingerprint density at radius 2 is 1.68 bits per heavy atom. The first kappa shape index (κ1) is 20.3. The number of rotatable bonds is 6. The Morgan fingerprint density at radius 1 is 0.935 bits per heavy atom. The molecule has 1 aromatic heterocycles. The molecule has 0 N–H and O–H groups in total. The minimum Gasteiger partial charge on any atom is -0.493 e. The first-order valence-electron chi connectivity index (χ1n) is 9.45. The van der Waals surface area contributed by atoms with E-state index in [-0.39, 0.29) is 17.1 Å². The van der Waals surface area contributed by atoms with Crippen molar-refractivity contribution in [1.29, 1.82) is 0 Å². The Labute approximate surface area is 176 Å². The Kier molecular flexibility index (Phi) is 5.75. The summed E-state index contributed by atoms with van der Waals surface area (Å²) < 4.78 is 36.5. The van der Waals surface area contributed by atoms with Crippen LogP contribution >= 0.6 is 0 Å². The Bertz CT molecular complexity index is 1300. The third kappa shape index (κ3) is 4.30. The smallest absolute Gasteiger partial charge is 0.387 e. The van der Waals surface area contributed by atoms with E-state index in [1.54, 1.807) is 36.4 Å². The number of alkyl halides is 2. The van der Waals surface area contributed by atoms with Crippen molar-refractivity contribution < 1.29 is 18.3 Å². The molecule has 0 unspecified atom stereocenters. The van der Waals surface area contributed by atoms with Gasteiger partial charge in [-0.3, -0.25) is 9.36 Å². The molecule has 156 valence electrons. The summed E-state index contributed by atoms with van der Waals surface area (Å²) in [6.07, 6.45) is 3.34. The molecule has 4 aromatic rings. The van der Waals surface area contributed by atoms with Crippen LogP contribution in [0.1, 0.15) is 11.4 Å². The summed E-state index contributed by atoms with van der Waals surface area (Å²) in [4.78, 5) is 17.8. The molecule has 7 heteroatoms. The van der Waals surface area contributed by atoms with Crippen LogP contribution in [0.15, 0.2) is 77.6 Å². The molecular formula is C24H18F2N2O3. The van der Waals surface area contributed by atoms with Crippen LogP contribution in [-0.2, 0) is 0 Å². The highest BCUT2D eigenvalue weighted by molar-refractivity contribution is 5.80. The third-order valence-corrected chi connectivity index (χ3v) is 4.64. The van der Waals surface area contributed by atoms with Crippen molar-refractivity contribution in [3.8, 4) is 17.2 Å². The lowest BCUT2D eigenvalue weighted by molar-refractivity contribution is -0.0512. The van der Waals surface area contributed by atoms with Crippen LogP contribution < -0.4 is 15.0 Å². The van der Waals surface area contributed by atoms with Crippen LogP contribution in [0, 0.1) is 0 Å². The lowest BCUT2D eigenvalue weighted by Crippen LogP contribution is -2.22. The van der Waals surface area contributed by atoms with Gasteiger partial charge in [-0.15, -0.1) is 0 Å². The molecule has 5 nitrogen and oxygen atoms in total. The molecule has 0 saturated carbocycles. The minimum absolute atomic E-state index is 0.0772. The number of ether oxygens (including phenoxy) is 2. The van der Waals surface area contributed by atoms with Gasteiger partial charge in [0, 0.05) is 0 Å². The van der Waals surface area contributed by atoms with Crippen LogP contribution in [0.5, 0.6) is 11.5 Å². The van der Waals surface area contributed by atoms with Crippen molar-refractivity contribution >= 4 is 23.1 Å². The quantitative estimate of drug-likeness (QED) is 0.432. The highest BCUT2D eigenvalue weighted by atomic mass is 19.3. The summed E-state index contributed by atoms with van der Waals surface area (Å²) in [5.41, 5.74) is 1.61. The molecule has 0 atom stereocenters. The average Bonchev–Trinajstić information content (AvgIpc) is 2.78. The van der Waals surface area contributed by atoms with Crippen molar-refractivity contribution in [1.82, 2.24) is 9.55 Å². The lowest BCUT2D eigenvalue weighted by Gasteiger charge is -2.12. The molecule has 0 aliphatic heterocycles. The summed E-state index contributed by atoms with van der Waals surface area (Å²) in [5.74, 6) is 0.524. The van der Waals surface area contributed by atoms with Gasteiger partial charge in [0.1, 0.15) is 5.82 Å². The normalized spacial score (nSPS) is 11.4. The number of benzene rings is 3. The molecule has 0 bridgehead atoms. The molecule has 1 heterocycles. The van der Waals surface area contributed by atoms with Crippen molar-refractivity contribution in [3.63, 3.8) is 0 Å². The first-order chi connectivity index (χ1) is 15.1. The summed E-state index contributed by atoms with van der Waals surface area (Å²) in [5, 5.41) is 0.501. The second-order valence-corrected chi connectivity index (χ2v) is 6.59. The van der Waals surface area contributed by atoms with E-state index in [9.17, 15) is 13.6 Å². The Morgan fingerprint density at radius 3 is 2.42 bits per heavy atom. The van der Waals surface area contributed by atoms with Gasteiger partial charge in [-0.1, -0.05) is 42.5 Å². The highest BCUT2D eigenvalue weighted by Gasteiger charge is 2.12. The average molecular weight is 420 g/mol. The van der Waals surface area contributed by atoms with E-state index in [0.29, 0.717) is 28.0 Å². The van der Waals surface area contributed by atoms with E-state index < -0.39 is 6.61 Å². The number of hydrogen-bond donors (Lipinski definition) is 0. The van der Waals surface area contributed by atoms with E-state index in [4.69, 9.17) is 4.74 Å². The van der Waals surface area contributed by atoms with Crippen LogP contribution in [0.25, 0.3) is 28.7 Å². The van der Waals surface area contributed by atoms with Crippen molar-refractivity contribution in [3.05, 3.63) is 94.5 Å². The molecule has 31 heavy (non-hydrogen) atoms. The van der Waals surface area contributed by atoms with E-state index in [2.05, 4.69) is 9.72 Å². The maximum atomic E-state index is 13.2. The number of aromatic nitrogens is 2. The maximum absolute atomic E-state index is 13.2. The zero-order chi connectivity index (χ0) is 21.8. The SMILES string of the molecule is COc1ccc(/C=C/c2nc3ccccc3c(=O)n2-c2ccccc2)cc1OC(F)F. The molecular weight excluding hydrogens is 402 g/mol. The Balaban J connectivity index is 1.83. The highest BCUT2D eigenvalue weighted by Crippen LogP contribution is 2.30. The van der Waals surface area contributed by atoms with Gasteiger partial charge in [0.15, 0.2) is 11.5 Å². The molecule has 0 radical (unpaired) electrons. The number of nitrogens with zero attached hydrogens (tertiary/aromatic N) is 2. The zero-order valence-electron chi connectivity index (χ0n) is 16.5. The Hall–Kier alpha value is -4.00. The number of fused-ring (bicyclic) bond motifs is 1. The van der Waals surface area contributed by atoms with E-state index >= 15 is 0 Å². The topological polar surface area (TPSA) is 53.3 Å². The molecule has 0 aliphatic carbocycles. The first-order valence-corrected chi connectivity index (χ1v) is 9.45. The number of halogens is 2. The van der Waals surface area contributed by atoms with Crippen LogP contribution in [0.4, 0.5) is 8.78 Å². The van der Waals surface area contributed by atoms with Crippen LogP contribution in [0.2, 0.25) is 0 Å². The molecule has 0 spiro atoms. The second-order valence-electron chi connectivity index (χ2n) is 6.59. The molecule has 0 saturated heterocycles. The van der Waals surface area contributed by atoms with E-state index in [1.807, 2.05) is 36.4 Å². The fourth-order valence-electron chi connectivity index (χ4n) is 3.24. The maximum Gasteiger partial charge on any atom is 0.387 e. The van der Waals surface area contributed by atoms with Gasteiger partial charge in [0.05, 0.1) is 23.7 Å². The third-order valence-electron chi connectivity index (χ3n) is 4.64. The summed E-state index contributed by atoms with van der Waals surface area (Å²) >= 11 is 0. The number of hydrogen-bond acceptors (Lipinski definition) is 4. The lowest BCUT2D eigenvalue weighted by atomic mass is 10.1. The van der Waals surface area contributed by atoms with Crippen molar-refractivity contribution in [2.24, 2.45) is 0 Å². The molecule has 0 amide bonds. The number of methoxy groups -OCH3 is 1. The van der Waals surface area contributed by atoms with E-state index in [0.717, 1.165) is 0 Å². The summed E-state index contributed by atoms with van der Waals surface area (Å²) in [7, 11) is 1.38. The van der Waals surface area contributed by atoms with Gasteiger partial charge in [-0.25, -0.2) is 4.98 Å². The second kappa shape index (κ2) is 8.79. The molecule has 4 rings (SSSR count). The molecule has 3 aromatic carbocycles. The van der Waals surface area contributed by atoms with Gasteiger partial charge < -0.3 is 9.47 Å². The van der Waals surface area contributed by atoms with Crippen molar-refractivity contribution in [2.45, 2.75) is 6.61 Å². The van der Waals surface area contributed by atoms with Gasteiger partial charge in [0.25, 0.3) is 5.56 Å². The van der Waals surface area contributed by atoms with Gasteiger partial charge in [-0.2, -0.15) is 8.78 Å². The largest absolute Gasteiger partial charge is 0.493 e. The predicted molar refractivity (Wildman–Crippen MR) is 116 cm³/mol. The summed E-state index contributed by atoms with van der Waals surface area (Å²) in [6, 6.07) is 20.9. The van der Waals surface area contributed by atoms with Gasteiger partial charge in [-0.05, 0) is 48.0 Å². The standard InChI is InChI=1S/C24H18F2N2O3/c1-30-20-13-11-16(15-21(20)31-24(25)26)12-14-22-27-19-10-6-5-9-18(19)23(29)28(22)17-7-3-2-4-8-17/h2-15,24H,1H3/b14-12+. The minimum atomic E-state index is -2.97. The van der Waals surface area contributed by atoms with E-state index in [1.165, 1.54) is 23.8 Å². The monoisotopic (exact) mass is 420 g/mol.